The maximum Gasteiger partial charge on any atom is 0.131 e. The zero-order valence-electron chi connectivity index (χ0n) is 10.7. The predicted molar refractivity (Wildman–Crippen MR) is 64.7 cm³/mol. The second-order valence-electron chi connectivity index (χ2n) is 4.72. The molecule has 0 saturated carbocycles. The molecule has 0 aliphatic heterocycles. The molecule has 1 aromatic heterocycles. The van der Waals surface area contributed by atoms with E-state index in [0.717, 1.165) is 29.1 Å². The van der Waals surface area contributed by atoms with Gasteiger partial charge in [0.1, 0.15) is 12.1 Å². The Morgan fingerprint density at radius 2 is 1.75 bits per heavy atom. The van der Waals surface area contributed by atoms with Gasteiger partial charge in [-0.25, -0.2) is 9.97 Å². The number of carbonyl (C=O) groups is 1. The van der Waals surface area contributed by atoms with E-state index in [0.29, 0.717) is 18.3 Å². The van der Waals surface area contributed by atoms with Crippen molar-refractivity contribution in [2.45, 2.75) is 52.9 Å². The lowest BCUT2D eigenvalue weighted by atomic mass is 10.0. The van der Waals surface area contributed by atoms with Crippen molar-refractivity contribution in [2.24, 2.45) is 0 Å². The smallest absolute Gasteiger partial charge is 0.131 e. The summed E-state index contributed by atoms with van der Waals surface area (Å²) in [4.78, 5) is 19.7. The van der Waals surface area contributed by atoms with Gasteiger partial charge in [0.15, 0.2) is 0 Å². The SMILES string of the molecule is Cc1c(CC=O)nc(C(C)C)nc1C(C)C. The number of hydrogen-bond acceptors (Lipinski definition) is 3. The van der Waals surface area contributed by atoms with Gasteiger partial charge < -0.3 is 4.79 Å². The highest BCUT2D eigenvalue weighted by atomic mass is 16.1. The number of carbonyl (C=O) groups excluding carboxylic acids is 1. The summed E-state index contributed by atoms with van der Waals surface area (Å²) in [6, 6.07) is 0. The van der Waals surface area contributed by atoms with Crippen LogP contribution in [-0.4, -0.2) is 16.3 Å². The van der Waals surface area contributed by atoms with E-state index in [2.05, 4.69) is 37.7 Å². The first kappa shape index (κ1) is 12.8. The number of nitrogens with zero attached hydrogens (tertiary/aromatic N) is 2. The van der Waals surface area contributed by atoms with Crippen molar-refractivity contribution < 1.29 is 4.79 Å². The first-order chi connectivity index (χ1) is 7.47. The van der Waals surface area contributed by atoms with Gasteiger partial charge in [0.2, 0.25) is 0 Å². The summed E-state index contributed by atoms with van der Waals surface area (Å²) >= 11 is 0. The van der Waals surface area contributed by atoms with Crippen LogP contribution in [0.15, 0.2) is 0 Å². The summed E-state index contributed by atoms with van der Waals surface area (Å²) in [7, 11) is 0. The number of hydrogen-bond donors (Lipinski definition) is 0. The third kappa shape index (κ3) is 2.65. The molecule has 0 N–H and O–H groups in total. The average Bonchev–Trinajstić information content (AvgIpc) is 2.20. The Kier molecular flexibility index (Phi) is 4.16. The van der Waals surface area contributed by atoms with Gasteiger partial charge in [-0.3, -0.25) is 0 Å². The molecule has 88 valence electrons. The van der Waals surface area contributed by atoms with Crippen LogP contribution in [0.25, 0.3) is 0 Å². The lowest BCUT2D eigenvalue weighted by molar-refractivity contribution is -0.107. The Morgan fingerprint density at radius 1 is 1.12 bits per heavy atom. The lowest BCUT2D eigenvalue weighted by Gasteiger charge is -2.15. The maximum absolute atomic E-state index is 10.6. The lowest BCUT2D eigenvalue weighted by Crippen LogP contribution is -2.10. The van der Waals surface area contributed by atoms with Crippen molar-refractivity contribution in [3.8, 4) is 0 Å². The highest BCUT2D eigenvalue weighted by molar-refractivity contribution is 5.55. The highest BCUT2D eigenvalue weighted by Gasteiger charge is 2.14. The molecular formula is C13H20N2O. The van der Waals surface area contributed by atoms with Crippen molar-refractivity contribution in [1.82, 2.24) is 9.97 Å². The van der Waals surface area contributed by atoms with Crippen molar-refractivity contribution in [3.05, 3.63) is 22.8 Å². The van der Waals surface area contributed by atoms with Gasteiger partial charge in [-0.2, -0.15) is 0 Å². The molecule has 0 atom stereocenters. The molecule has 0 aliphatic carbocycles. The first-order valence-electron chi connectivity index (χ1n) is 5.78. The Morgan fingerprint density at radius 3 is 2.19 bits per heavy atom. The van der Waals surface area contributed by atoms with Gasteiger partial charge in [0.05, 0.1) is 5.69 Å². The molecule has 0 radical (unpaired) electrons. The average molecular weight is 220 g/mol. The van der Waals surface area contributed by atoms with E-state index in [1.54, 1.807) is 0 Å². The van der Waals surface area contributed by atoms with E-state index >= 15 is 0 Å². The summed E-state index contributed by atoms with van der Waals surface area (Å²) in [5, 5.41) is 0. The topological polar surface area (TPSA) is 42.9 Å². The first-order valence-corrected chi connectivity index (χ1v) is 5.78. The molecule has 3 heteroatoms. The van der Waals surface area contributed by atoms with Crippen LogP contribution in [0.1, 0.15) is 62.3 Å². The summed E-state index contributed by atoms with van der Waals surface area (Å²) in [6.07, 6.45) is 1.29. The van der Waals surface area contributed by atoms with Gasteiger partial charge in [-0.1, -0.05) is 27.7 Å². The van der Waals surface area contributed by atoms with Gasteiger partial charge in [0.25, 0.3) is 0 Å². The molecular weight excluding hydrogens is 200 g/mol. The zero-order chi connectivity index (χ0) is 12.3. The fourth-order valence-electron chi connectivity index (χ4n) is 1.70. The molecule has 0 aliphatic rings. The third-order valence-electron chi connectivity index (χ3n) is 2.64. The van der Waals surface area contributed by atoms with E-state index < -0.39 is 0 Å². The van der Waals surface area contributed by atoms with E-state index in [1.807, 2.05) is 6.92 Å². The van der Waals surface area contributed by atoms with E-state index in [-0.39, 0.29) is 0 Å². The predicted octanol–water partition coefficient (Wildman–Crippen LogP) is 2.77. The van der Waals surface area contributed by atoms with E-state index in [4.69, 9.17) is 0 Å². The standard InChI is InChI=1S/C13H20N2O/c1-8(2)12-10(5)11(6-7-16)14-13(15-12)9(3)4/h7-9H,6H2,1-5H3. The number of aldehydes is 1. The quantitative estimate of drug-likeness (QED) is 0.733. The van der Waals surface area contributed by atoms with Crippen LogP contribution in [0.5, 0.6) is 0 Å². The Balaban J connectivity index is 3.32. The minimum absolute atomic E-state index is 0.295. The van der Waals surface area contributed by atoms with Crippen LogP contribution >= 0.6 is 0 Å². The molecule has 0 bridgehead atoms. The minimum atomic E-state index is 0.295. The van der Waals surface area contributed by atoms with Gasteiger partial charge in [-0.05, 0) is 18.4 Å². The normalized spacial score (nSPS) is 11.2. The van der Waals surface area contributed by atoms with Crippen molar-refractivity contribution in [1.29, 1.82) is 0 Å². The van der Waals surface area contributed by atoms with E-state index in [9.17, 15) is 4.79 Å². The van der Waals surface area contributed by atoms with Crippen LogP contribution in [0.4, 0.5) is 0 Å². The molecule has 0 aromatic carbocycles. The van der Waals surface area contributed by atoms with Crippen LogP contribution in [0, 0.1) is 6.92 Å². The van der Waals surface area contributed by atoms with Gasteiger partial charge in [0, 0.05) is 18.0 Å². The summed E-state index contributed by atoms with van der Waals surface area (Å²) in [5.41, 5.74) is 3.00. The molecule has 1 heterocycles. The number of aromatic nitrogens is 2. The molecule has 0 unspecified atom stereocenters. The van der Waals surface area contributed by atoms with Crippen LogP contribution in [0.2, 0.25) is 0 Å². The monoisotopic (exact) mass is 220 g/mol. The molecule has 1 rings (SSSR count). The summed E-state index contributed by atoms with van der Waals surface area (Å²) in [5.74, 6) is 1.50. The molecule has 3 nitrogen and oxygen atoms in total. The van der Waals surface area contributed by atoms with Crippen LogP contribution in [0.3, 0.4) is 0 Å². The summed E-state index contributed by atoms with van der Waals surface area (Å²) in [6.45, 7) is 10.4. The molecule has 0 fully saturated rings. The second-order valence-corrected chi connectivity index (χ2v) is 4.72. The van der Waals surface area contributed by atoms with Gasteiger partial charge >= 0.3 is 0 Å². The largest absolute Gasteiger partial charge is 0.303 e. The molecule has 16 heavy (non-hydrogen) atoms. The molecule has 0 amide bonds. The van der Waals surface area contributed by atoms with Crippen molar-refractivity contribution in [3.63, 3.8) is 0 Å². The summed E-state index contributed by atoms with van der Waals surface area (Å²) < 4.78 is 0. The third-order valence-corrected chi connectivity index (χ3v) is 2.64. The van der Waals surface area contributed by atoms with Gasteiger partial charge in [-0.15, -0.1) is 0 Å². The Bertz CT molecular complexity index is 384. The van der Waals surface area contributed by atoms with Crippen molar-refractivity contribution >= 4 is 6.29 Å². The maximum atomic E-state index is 10.6. The number of rotatable bonds is 4. The van der Waals surface area contributed by atoms with Crippen LogP contribution < -0.4 is 0 Å². The fraction of sp³-hybridized carbons (Fsp3) is 0.615. The zero-order valence-corrected chi connectivity index (χ0v) is 10.7. The second kappa shape index (κ2) is 5.19. The van der Waals surface area contributed by atoms with E-state index in [1.165, 1.54) is 0 Å². The molecule has 1 aromatic rings. The fourth-order valence-corrected chi connectivity index (χ4v) is 1.70. The highest BCUT2D eigenvalue weighted by Crippen LogP contribution is 2.21. The molecule has 0 spiro atoms. The van der Waals surface area contributed by atoms with Crippen molar-refractivity contribution in [2.75, 3.05) is 0 Å². The van der Waals surface area contributed by atoms with Crippen LogP contribution in [-0.2, 0) is 11.2 Å². The Labute approximate surface area is 97.3 Å². The minimum Gasteiger partial charge on any atom is -0.303 e. The Hall–Kier alpha value is -1.25. The molecule has 0 saturated heterocycles.